The molecule has 0 amide bonds. The van der Waals surface area contributed by atoms with Gasteiger partial charge in [-0.3, -0.25) is 4.72 Å². The summed E-state index contributed by atoms with van der Waals surface area (Å²) in [6.45, 7) is 1.68. The van der Waals surface area contributed by atoms with E-state index in [2.05, 4.69) is 4.72 Å². The maximum absolute atomic E-state index is 12.3. The number of carboxylic acids is 1. The lowest BCUT2D eigenvalue weighted by Gasteiger charge is -2.11. The summed E-state index contributed by atoms with van der Waals surface area (Å²) in [5.74, 6) is -1.19. The van der Waals surface area contributed by atoms with Crippen LogP contribution in [0.3, 0.4) is 0 Å². The van der Waals surface area contributed by atoms with Crippen molar-refractivity contribution in [3.05, 3.63) is 58.6 Å². The molecule has 0 radical (unpaired) electrons. The lowest BCUT2D eigenvalue weighted by atomic mass is 10.2. The van der Waals surface area contributed by atoms with Gasteiger partial charge in [-0.1, -0.05) is 29.8 Å². The van der Waals surface area contributed by atoms with Crippen molar-refractivity contribution in [1.82, 2.24) is 0 Å². The third-order valence-corrected chi connectivity index (χ3v) is 4.54. The Balaban J connectivity index is 2.42. The zero-order chi connectivity index (χ0) is 15.6. The van der Waals surface area contributed by atoms with E-state index < -0.39 is 16.0 Å². The Morgan fingerprint density at radius 2 is 1.86 bits per heavy atom. The number of benzene rings is 2. The lowest BCUT2D eigenvalue weighted by molar-refractivity contribution is 0.0697. The van der Waals surface area contributed by atoms with E-state index in [1.54, 1.807) is 25.1 Å². The molecule has 7 heteroatoms. The van der Waals surface area contributed by atoms with Gasteiger partial charge in [0.1, 0.15) is 0 Å². The van der Waals surface area contributed by atoms with Crippen molar-refractivity contribution in [3.63, 3.8) is 0 Å². The van der Waals surface area contributed by atoms with Gasteiger partial charge in [0.25, 0.3) is 10.0 Å². The molecule has 2 aromatic carbocycles. The molecule has 0 saturated heterocycles. The summed E-state index contributed by atoms with van der Waals surface area (Å²) in [4.78, 5) is 11.1. The third-order valence-electron chi connectivity index (χ3n) is 2.78. The number of nitrogens with one attached hydrogen (secondary N) is 1. The first-order valence-corrected chi connectivity index (χ1v) is 7.78. The molecule has 0 aliphatic heterocycles. The van der Waals surface area contributed by atoms with Crippen molar-refractivity contribution in [2.45, 2.75) is 11.8 Å². The molecule has 0 aromatic heterocycles. The number of sulfonamides is 1. The van der Waals surface area contributed by atoms with Crippen molar-refractivity contribution in [2.24, 2.45) is 0 Å². The Morgan fingerprint density at radius 3 is 2.48 bits per heavy atom. The summed E-state index contributed by atoms with van der Waals surface area (Å²) in [6.07, 6.45) is 0. The molecular formula is C14H12ClNO4S. The lowest BCUT2D eigenvalue weighted by Crippen LogP contribution is -2.14. The molecule has 0 bridgehead atoms. The van der Waals surface area contributed by atoms with Gasteiger partial charge in [0.2, 0.25) is 0 Å². The highest BCUT2D eigenvalue weighted by atomic mass is 35.5. The fourth-order valence-electron chi connectivity index (χ4n) is 1.84. The molecule has 21 heavy (non-hydrogen) atoms. The van der Waals surface area contributed by atoms with Gasteiger partial charge in [-0.2, -0.15) is 0 Å². The quantitative estimate of drug-likeness (QED) is 0.904. The second-order valence-electron chi connectivity index (χ2n) is 4.40. The average Bonchev–Trinajstić information content (AvgIpc) is 2.37. The predicted molar refractivity (Wildman–Crippen MR) is 80.4 cm³/mol. The Morgan fingerprint density at radius 1 is 1.19 bits per heavy atom. The number of aryl methyl sites for hydroxylation is 1. The van der Waals surface area contributed by atoms with E-state index >= 15 is 0 Å². The van der Waals surface area contributed by atoms with Gasteiger partial charge < -0.3 is 5.11 Å². The molecule has 2 rings (SSSR count). The SMILES string of the molecule is Cc1ccccc1S(=O)(=O)Nc1cc(Cl)cc(C(=O)O)c1. The van der Waals surface area contributed by atoms with Gasteiger partial charge in [-0.15, -0.1) is 0 Å². The van der Waals surface area contributed by atoms with Crippen LogP contribution in [-0.4, -0.2) is 19.5 Å². The van der Waals surface area contributed by atoms with Crippen molar-refractivity contribution in [2.75, 3.05) is 4.72 Å². The van der Waals surface area contributed by atoms with Crippen LogP contribution in [0.1, 0.15) is 15.9 Å². The van der Waals surface area contributed by atoms with Crippen molar-refractivity contribution >= 4 is 33.3 Å². The standard InChI is InChI=1S/C14H12ClNO4S/c1-9-4-2-3-5-13(9)21(19,20)16-12-7-10(14(17)18)6-11(15)8-12/h2-8,16H,1H3,(H,17,18). The monoisotopic (exact) mass is 325 g/mol. The first-order valence-electron chi connectivity index (χ1n) is 5.92. The largest absolute Gasteiger partial charge is 0.478 e. The summed E-state index contributed by atoms with van der Waals surface area (Å²) in [6, 6.07) is 10.3. The normalized spacial score (nSPS) is 11.1. The second-order valence-corrected chi connectivity index (χ2v) is 6.49. The summed E-state index contributed by atoms with van der Waals surface area (Å²) >= 11 is 5.80. The van der Waals surface area contributed by atoms with E-state index in [0.29, 0.717) is 5.56 Å². The van der Waals surface area contributed by atoms with Crippen LogP contribution in [0, 0.1) is 6.92 Å². The Kier molecular flexibility index (Phi) is 4.20. The number of rotatable bonds is 4. The number of carbonyl (C=O) groups is 1. The molecule has 2 N–H and O–H groups in total. The third kappa shape index (κ3) is 3.53. The van der Waals surface area contributed by atoms with Gasteiger partial charge in [-0.25, -0.2) is 13.2 Å². The maximum atomic E-state index is 12.3. The van der Waals surface area contributed by atoms with E-state index in [9.17, 15) is 13.2 Å². The fourth-order valence-corrected chi connectivity index (χ4v) is 3.36. The Bertz CT molecular complexity index is 802. The minimum absolute atomic E-state index is 0.0926. The molecule has 5 nitrogen and oxygen atoms in total. The van der Waals surface area contributed by atoms with Gasteiger partial charge in [0.05, 0.1) is 16.1 Å². The van der Waals surface area contributed by atoms with Crippen LogP contribution >= 0.6 is 11.6 Å². The minimum atomic E-state index is -3.80. The average molecular weight is 326 g/mol. The minimum Gasteiger partial charge on any atom is -0.478 e. The summed E-state index contributed by atoms with van der Waals surface area (Å²) < 4.78 is 27.0. The highest BCUT2D eigenvalue weighted by molar-refractivity contribution is 7.92. The maximum Gasteiger partial charge on any atom is 0.335 e. The highest BCUT2D eigenvalue weighted by Crippen LogP contribution is 2.23. The number of halogens is 1. The molecule has 0 atom stereocenters. The number of hydrogen-bond acceptors (Lipinski definition) is 3. The molecule has 110 valence electrons. The summed E-state index contributed by atoms with van der Waals surface area (Å²) in [7, 11) is -3.80. The first kappa shape index (κ1) is 15.3. The van der Waals surface area contributed by atoms with Crippen LogP contribution in [0.4, 0.5) is 5.69 Å². The molecule has 0 heterocycles. The first-order chi connectivity index (χ1) is 9.79. The van der Waals surface area contributed by atoms with E-state index in [4.69, 9.17) is 16.7 Å². The molecule has 2 aromatic rings. The van der Waals surface area contributed by atoms with Crippen LogP contribution in [0.15, 0.2) is 47.4 Å². The van der Waals surface area contributed by atoms with Crippen LogP contribution in [0.5, 0.6) is 0 Å². The molecule has 0 fully saturated rings. The Hall–Kier alpha value is -2.05. The number of carboxylic acid groups (broad SMARTS) is 1. The van der Waals surface area contributed by atoms with Crippen molar-refractivity contribution < 1.29 is 18.3 Å². The predicted octanol–water partition coefficient (Wildman–Crippen LogP) is 3.15. The number of anilines is 1. The summed E-state index contributed by atoms with van der Waals surface area (Å²) in [5, 5.41) is 9.09. The zero-order valence-electron chi connectivity index (χ0n) is 11.0. The van der Waals surface area contributed by atoms with Crippen LogP contribution < -0.4 is 4.72 Å². The molecule has 0 aliphatic rings. The topological polar surface area (TPSA) is 83.5 Å². The Labute approximate surface area is 127 Å². The number of hydrogen-bond donors (Lipinski definition) is 2. The number of aromatic carboxylic acids is 1. The van der Waals surface area contributed by atoms with Crippen molar-refractivity contribution in [1.29, 1.82) is 0 Å². The van der Waals surface area contributed by atoms with E-state index in [1.165, 1.54) is 24.3 Å². The fraction of sp³-hybridized carbons (Fsp3) is 0.0714. The molecular weight excluding hydrogens is 314 g/mol. The molecule has 0 spiro atoms. The second kappa shape index (κ2) is 5.75. The van der Waals surface area contributed by atoms with Crippen LogP contribution in [0.2, 0.25) is 5.02 Å². The van der Waals surface area contributed by atoms with E-state index in [1.807, 2.05) is 0 Å². The zero-order valence-corrected chi connectivity index (χ0v) is 12.6. The molecule has 0 unspecified atom stereocenters. The summed E-state index contributed by atoms with van der Waals surface area (Å²) in [5.41, 5.74) is 0.596. The highest BCUT2D eigenvalue weighted by Gasteiger charge is 2.17. The van der Waals surface area contributed by atoms with Gasteiger partial charge in [0.15, 0.2) is 0 Å². The smallest absolute Gasteiger partial charge is 0.335 e. The van der Waals surface area contributed by atoms with Gasteiger partial charge in [0, 0.05) is 5.02 Å². The van der Waals surface area contributed by atoms with E-state index in [0.717, 1.165) is 0 Å². The van der Waals surface area contributed by atoms with Crippen molar-refractivity contribution in [3.8, 4) is 0 Å². The molecule has 0 aliphatic carbocycles. The van der Waals surface area contributed by atoms with E-state index in [-0.39, 0.29) is 21.2 Å². The van der Waals surface area contributed by atoms with Gasteiger partial charge >= 0.3 is 5.97 Å². The molecule has 0 saturated carbocycles. The van der Waals surface area contributed by atoms with Crippen LogP contribution in [0.25, 0.3) is 0 Å². The van der Waals surface area contributed by atoms with Crippen LogP contribution in [-0.2, 0) is 10.0 Å². The van der Waals surface area contributed by atoms with Gasteiger partial charge in [-0.05, 0) is 36.8 Å².